The Hall–Kier alpha value is -1.92. The van der Waals surface area contributed by atoms with Crippen molar-refractivity contribution in [2.45, 2.75) is 19.8 Å². The molecule has 2 rings (SSSR count). The second-order valence-electron chi connectivity index (χ2n) is 4.44. The molecule has 0 radical (unpaired) electrons. The maximum atomic E-state index is 10.9. The molecule has 2 aromatic rings. The molecule has 1 heterocycles. The van der Waals surface area contributed by atoms with Gasteiger partial charge in [0, 0.05) is 17.9 Å². The number of nitrogen functional groups attached to an aromatic ring is 1. The number of hydrogen-bond donors (Lipinski definition) is 3. The Labute approximate surface area is 133 Å². The standard InChI is InChI=1S/C14H16N4OS.ClH/c1-9(19)17-14-18-12(8-20-14)7-4-10-2-5-11(6-3-10)13(15)16;/h2-3,5-6,8H,4,7H2,1H3,(H3,15,16)(H,17,18,19);1H. The zero-order valence-electron chi connectivity index (χ0n) is 11.6. The summed E-state index contributed by atoms with van der Waals surface area (Å²) in [4.78, 5) is 15.3. The number of aromatic nitrogens is 1. The minimum absolute atomic E-state index is 0. The first-order valence-corrected chi connectivity index (χ1v) is 7.08. The minimum Gasteiger partial charge on any atom is -0.384 e. The summed E-state index contributed by atoms with van der Waals surface area (Å²) in [6.07, 6.45) is 1.68. The predicted octanol–water partition coefficient (Wildman–Crippen LogP) is 2.59. The van der Waals surface area contributed by atoms with Crippen LogP contribution in [0, 0.1) is 5.41 Å². The third-order valence-electron chi connectivity index (χ3n) is 2.77. The number of thiazole rings is 1. The van der Waals surface area contributed by atoms with Gasteiger partial charge in [0.05, 0.1) is 5.69 Å². The molecule has 1 aromatic heterocycles. The zero-order chi connectivity index (χ0) is 14.5. The van der Waals surface area contributed by atoms with Gasteiger partial charge in [0.1, 0.15) is 5.84 Å². The van der Waals surface area contributed by atoms with Crippen LogP contribution in [0.25, 0.3) is 0 Å². The lowest BCUT2D eigenvalue weighted by Crippen LogP contribution is -2.10. The van der Waals surface area contributed by atoms with Crippen LogP contribution in [-0.4, -0.2) is 16.7 Å². The lowest BCUT2D eigenvalue weighted by atomic mass is 10.1. The molecule has 0 bridgehead atoms. The third-order valence-corrected chi connectivity index (χ3v) is 3.58. The van der Waals surface area contributed by atoms with Crippen LogP contribution in [0.1, 0.15) is 23.7 Å². The van der Waals surface area contributed by atoms with E-state index in [1.54, 1.807) is 0 Å². The largest absolute Gasteiger partial charge is 0.384 e. The number of carbonyl (C=O) groups excluding carboxylic acids is 1. The summed E-state index contributed by atoms with van der Waals surface area (Å²) in [6.45, 7) is 1.47. The molecule has 0 aliphatic rings. The van der Waals surface area contributed by atoms with E-state index in [2.05, 4.69) is 10.3 Å². The van der Waals surface area contributed by atoms with Gasteiger partial charge >= 0.3 is 0 Å². The van der Waals surface area contributed by atoms with Crippen molar-refractivity contribution in [2.75, 3.05) is 5.32 Å². The highest BCUT2D eigenvalue weighted by atomic mass is 35.5. The molecule has 21 heavy (non-hydrogen) atoms. The molecule has 5 nitrogen and oxygen atoms in total. The lowest BCUT2D eigenvalue weighted by Gasteiger charge is -2.02. The van der Waals surface area contributed by atoms with Crippen LogP contribution in [0.4, 0.5) is 5.13 Å². The van der Waals surface area contributed by atoms with Crippen LogP contribution in [0.2, 0.25) is 0 Å². The number of nitrogens with one attached hydrogen (secondary N) is 2. The van der Waals surface area contributed by atoms with E-state index >= 15 is 0 Å². The molecule has 1 amide bonds. The fourth-order valence-electron chi connectivity index (χ4n) is 1.75. The number of anilines is 1. The van der Waals surface area contributed by atoms with Crippen molar-refractivity contribution in [1.29, 1.82) is 5.41 Å². The normalized spacial score (nSPS) is 9.76. The number of nitrogens with two attached hydrogens (primary N) is 1. The van der Waals surface area contributed by atoms with E-state index < -0.39 is 0 Å². The van der Waals surface area contributed by atoms with Crippen LogP contribution in [0.5, 0.6) is 0 Å². The smallest absolute Gasteiger partial charge is 0.223 e. The highest BCUT2D eigenvalue weighted by molar-refractivity contribution is 7.13. The van der Waals surface area contributed by atoms with E-state index in [0.717, 1.165) is 24.1 Å². The number of hydrogen-bond acceptors (Lipinski definition) is 4. The maximum absolute atomic E-state index is 10.9. The van der Waals surface area contributed by atoms with Crippen molar-refractivity contribution in [2.24, 2.45) is 5.73 Å². The summed E-state index contributed by atoms with van der Waals surface area (Å²) in [5, 5.41) is 12.6. The van der Waals surface area contributed by atoms with Gasteiger partial charge in [-0.25, -0.2) is 4.98 Å². The Morgan fingerprint density at radius 3 is 2.57 bits per heavy atom. The van der Waals surface area contributed by atoms with Crippen LogP contribution in [0.3, 0.4) is 0 Å². The summed E-state index contributed by atoms with van der Waals surface area (Å²) in [5.41, 5.74) is 8.28. The van der Waals surface area contributed by atoms with Crippen LogP contribution in [0.15, 0.2) is 29.6 Å². The lowest BCUT2D eigenvalue weighted by molar-refractivity contribution is -0.114. The Morgan fingerprint density at radius 2 is 2.00 bits per heavy atom. The molecular weight excluding hydrogens is 308 g/mol. The third kappa shape index (κ3) is 5.17. The minimum atomic E-state index is -0.106. The van der Waals surface area contributed by atoms with Crippen molar-refractivity contribution in [3.05, 3.63) is 46.5 Å². The maximum Gasteiger partial charge on any atom is 0.223 e. The summed E-state index contributed by atoms with van der Waals surface area (Å²) >= 11 is 1.43. The molecule has 112 valence electrons. The van der Waals surface area contributed by atoms with Crippen molar-refractivity contribution in [1.82, 2.24) is 4.98 Å². The first-order chi connectivity index (χ1) is 9.54. The molecule has 0 spiro atoms. The summed E-state index contributed by atoms with van der Waals surface area (Å²) in [7, 11) is 0. The molecule has 7 heteroatoms. The highest BCUT2D eigenvalue weighted by Crippen LogP contribution is 2.17. The fourth-order valence-corrected chi connectivity index (χ4v) is 2.54. The average Bonchev–Trinajstić information content (AvgIpc) is 2.83. The van der Waals surface area contributed by atoms with Gasteiger partial charge in [0.25, 0.3) is 0 Å². The van der Waals surface area contributed by atoms with Crippen LogP contribution >= 0.6 is 23.7 Å². The number of amidine groups is 1. The predicted molar refractivity (Wildman–Crippen MR) is 88.5 cm³/mol. The van der Waals surface area contributed by atoms with Crippen molar-refractivity contribution >= 4 is 40.6 Å². The molecule has 0 saturated heterocycles. The number of halogens is 1. The Bertz CT molecular complexity index is 624. The van der Waals surface area contributed by atoms with Gasteiger partial charge in [0.15, 0.2) is 5.13 Å². The number of rotatable bonds is 5. The van der Waals surface area contributed by atoms with Crippen LogP contribution in [-0.2, 0) is 17.6 Å². The molecule has 1 aromatic carbocycles. The van der Waals surface area contributed by atoms with E-state index in [9.17, 15) is 4.79 Å². The second kappa shape index (κ2) is 7.75. The molecule has 0 fully saturated rings. The zero-order valence-corrected chi connectivity index (χ0v) is 13.2. The van der Waals surface area contributed by atoms with Gasteiger partial charge < -0.3 is 11.1 Å². The number of carbonyl (C=O) groups is 1. The Kier molecular flexibility index (Phi) is 6.33. The molecule has 0 saturated carbocycles. The summed E-state index contributed by atoms with van der Waals surface area (Å²) < 4.78 is 0. The van der Waals surface area contributed by atoms with E-state index in [4.69, 9.17) is 11.1 Å². The van der Waals surface area contributed by atoms with Crippen molar-refractivity contribution in [3.8, 4) is 0 Å². The van der Waals surface area contributed by atoms with E-state index in [-0.39, 0.29) is 24.1 Å². The van der Waals surface area contributed by atoms with Gasteiger partial charge in [-0.3, -0.25) is 10.2 Å². The quantitative estimate of drug-likeness (QED) is 0.583. The van der Waals surface area contributed by atoms with Crippen molar-refractivity contribution < 1.29 is 4.79 Å². The van der Waals surface area contributed by atoms with Gasteiger partial charge in [-0.05, 0) is 18.4 Å². The monoisotopic (exact) mass is 324 g/mol. The van der Waals surface area contributed by atoms with Crippen molar-refractivity contribution in [3.63, 3.8) is 0 Å². The Morgan fingerprint density at radius 1 is 1.33 bits per heavy atom. The van der Waals surface area contributed by atoms with Crippen LogP contribution < -0.4 is 11.1 Å². The average molecular weight is 325 g/mol. The number of aryl methyl sites for hydroxylation is 2. The molecule has 0 aliphatic carbocycles. The van der Waals surface area contributed by atoms with Gasteiger partial charge in [-0.2, -0.15) is 0 Å². The molecular formula is C14H17ClN4OS. The van der Waals surface area contributed by atoms with Gasteiger partial charge in [-0.1, -0.05) is 24.3 Å². The molecule has 0 aliphatic heterocycles. The summed E-state index contributed by atoms with van der Waals surface area (Å²) in [6, 6.07) is 7.64. The second-order valence-corrected chi connectivity index (χ2v) is 5.29. The topological polar surface area (TPSA) is 91.9 Å². The fraction of sp³-hybridized carbons (Fsp3) is 0.214. The highest BCUT2D eigenvalue weighted by Gasteiger charge is 2.04. The molecule has 4 N–H and O–H groups in total. The first kappa shape index (κ1) is 17.1. The number of benzene rings is 1. The van der Waals surface area contributed by atoms with E-state index in [0.29, 0.717) is 5.13 Å². The molecule has 0 unspecified atom stereocenters. The van der Waals surface area contributed by atoms with E-state index in [1.807, 2.05) is 29.6 Å². The SMILES string of the molecule is CC(=O)Nc1nc(CCc2ccc(C(=N)N)cc2)cs1.Cl. The number of nitrogens with zero attached hydrogens (tertiary/aromatic N) is 1. The van der Waals surface area contributed by atoms with Gasteiger partial charge in [-0.15, -0.1) is 23.7 Å². The van der Waals surface area contributed by atoms with E-state index in [1.165, 1.54) is 23.8 Å². The first-order valence-electron chi connectivity index (χ1n) is 6.20. The summed E-state index contributed by atoms with van der Waals surface area (Å²) in [5.74, 6) is -0.0262. The van der Waals surface area contributed by atoms with Gasteiger partial charge in [0.2, 0.25) is 5.91 Å². The number of amides is 1. The Balaban J connectivity index is 0.00000220. The molecule has 0 atom stereocenters.